The van der Waals surface area contributed by atoms with Crippen molar-refractivity contribution in [2.24, 2.45) is 0 Å². The fourth-order valence-corrected chi connectivity index (χ4v) is 1.99. The highest BCUT2D eigenvalue weighted by atomic mass is 16.3. The minimum Gasteiger partial charge on any atom is -0.379 e. The lowest BCUT2D eigenvalue weighted by Gasteiger charge is -2.22. The van der Waals surface area contributed by atoms with Crippen LogP contribution in [0.4, 0.5) is 0 Å². The zero-order valence-corrected chi connectivity index (χ0v) is 10.6. The summed E-state index contributed by atoms with van der Waals surface area (Å²) in [6.07, 6.45) is 0.200. The van der Waals surface area contributed by atoms with Crippen molar-refractivity contribution < 1.29 is 5.11 Å². The summed E-state index contributed by atoms with van der Waals surface area (Å²) in [7, 11) is 0. The Kier molecular flexibility index (Phi) is 4.51. The van der Waals surface area contributed by atoms with Crippen molar-refractivity contribution in [2.45, 2.75) is 25.6 Å². The molecule has 2 rings (SSSR count). The molecule has 2 aromatic carbocycles. The molecule has 0 aliphatic carbocycles. The van der Waals surface area contributed by atoms with Crippen LogP contribution in [0, 0.1) is 0 Å². The van der Waals surface area contributed by atoms with Gasteiger partial charge in [0.25, 0.3) is 0 Å². The van der Waals surface area contributed by atoms with E-state index in [1.165, 1.54) is 0 Å². The molecule has 0 fully saturated rings. The van der Waals surface area contributed by atoms with E-state index in [4.69, 9.17) is 0 Å². The van der Waals surface area contributed by atoms with Gasteiger partial charge in [0.1, 0.15) is 6.23 Å². The Morgan fingerprint density at radius 3 is 1.72 bits per heavy atom. The highest BCUT2D eigenvalue weighted by Gasteiger charge is 2.15. The first-order valence-electron chi connectivity index (χ1n) is 6.35. The maximum absolute atomic E-state index is 9.84. The second kappa shape index (κ2) is 6.34. The molecule has 2 aromatic rings. The van der Waals surface area contributed by atoms with Gasteiger partial charge in [-0.3, -0.25) is 5.32 Å². The van der Waals surface area contributed by atoms with E-state index in [0.29, 0.717) is 6.42 Å². The molecule has 94 valence electrons. The number of hydrogen-bond acceptors (Lipinski definition) is 2. The summed E-state index contributed by atoms with van der Waals surface area (Å²) in [6, 6.07) is 20.4. The van der Waals surface area contributed by atoms with Gasteiger partial charge in [0.15, 0.2) is 0 Å². The summed E-state index contributed by atoms with van der Waals surface area (Å²) in [5, 5.41) is 13.1. The highest BCUT2D eigenvalue weighted by Crippen LogP contribution is 2.22. The first-order chi connectivity index (χ1) is 8.81. The van der Waals surface area contributed by atoms with Gasteiger partial charge in [-0.1, -0.05) is 67.6 Å². The van der Waals surface area contributed by atoms with Gasteiger partial charge in [-0.05, 0) is 17.5 Å². The van der Waals surface area contributed by atoms with Crippen molar-refractivity contribution in [1.82, 2.24) is 5.32 Å². The largest absolute Gasteiger partial charge is 0.379 e. The maximum Gasteiger partial charge on any atom is 0.105 e. The van der Waals surface area contributed by atoms with Crippen molar-refractivity contribution in [2.75, 3.05) is 0 Å². The van der Waals surface area contributed by atoms with Crippen LogP contribution < -0.4 is 5.32 Å². The maximum atomic E-state index is 9.84. The second-order valence-electron chi connectivity index (χ2n) is 4.35. The Hall–Kier alpha value is -1.64. The smallest absolute Gasteiger partial charge is 0.105 e. The third-order valence-electron chi connectivity index (χ3n) is 3.01. The average molecular weight is 241 g/mol. The Balaban J connectivity index is 2.29. The Bertz CT molecular complexity index is 416. The third kappa shape index (κ3) is 3.19. The molecule has 2 heteroatoms. The zero-order valence-electron chi connectivity index (χ0n) is 10.6. The summed E-state index contributed by atoms with van der Waals surface area (Å²) in [5.41, 5.74) is 2.33. The fourth-order valence-electron chi connectivity index (χ4n) is 1.99. The van der Waals surface area contributed by atoms with Crippen molar-refractivity contribution in [3.8, 4) is 0 Å². The molecule has 0 bridgehead atoms. The van der Waals surface area contributed by atoms with Crippen LogP contribution in [0.3, 0.4) is 0 Å². The van der Waals surface area contributed by atoms with Crippen LogP contribution in [-0.2, 0) is 0 Å². The molecule has 0 radical (unpaired) electrons. The summed E-state index contributed by atoms with van der Waals surface area (Å²) in [4.78, 5) is 0. The van der Waals surface area contributed by atoms with E-state index in [0.717, 1.165) is 11.1 Å². The van der Waals surface area contributed by atoms with Crippen LogP contribution in [0.1, 0.15) is 30.5 Å². The van der Waals surface area contributed by atoms with Crippen LogP contribution in [-0.4, -0.2) is 11.3 Å². The lowest BCUT2D eigenvalue weighted by Crippen LogP contribution is -2.32. The lowest BCUT2D eigenvalue weighted by atomic mass is 9.98. The van der Waals surface area contributed by atoms with Crippen molar-refractivity contribution in [1.29, 1.82) is 0 Å². The first-order valence-corrected chi connectivity index (χ1v) is 6.35. The molecule has 0 aliphatic heterocycles. The first kappa shape index (κ1) is 12.8. The second-order valence-corrected chi connectivity index (χ2v) is 4.35. The molecule has 0 saturated carbocycles. The number of aliphatic hydroxyl groups excluding tert-OH is 1. The standard InChI is InChI=1S/C16H19NO/c1-2-15(18)17-16(13-9-5-3-6-10-13)14-11-7-4-8-12-14/h3-12,15-18H,2H2,1H3. The van der Waals surface area contributed by atoms with Crippen LogP contribution in [0.25, 0.3) is 0 Å². The summed E-state index contributed by atoms with van der Waals surface area (Å²) >= 11 is 0. The molecule has 2 nitrogen and oxygen atoms in total. The molecule has 0 spiro atoms. The van der Waals surface area contributed by atoms with Gasteiger partial charge in [-0.2, -0.15) is 0 Å². The van der Waals surface area contributed by atoms with Crippen LogP contribution in [0.2, 0.25) is 0 Å². The predicted molar refractivity (Wildman–Crippen MR) is 74.2 cm³/mol. The molecule has 1 atom stereocenters. The van der Waals surface area contributed by atoms with E-state index in [1.54, 1.807) is 0 Å². The predicted octanol–water partition coefficient (Wildman–Crippen LogP) is 3.09. The molecule has 18 heavy (non-hydrogen) atoms. The van der Waals surface area contributed by atoms with Gasteiger partial charge < -0.3 is 5.11 Å². The number of benzene rings is 2. The quantitative estimate of drug-likeness (QED) is 0.788. The molecule has 0 saturated heterocycles. The number of hydrogen-bond donors (Lipinski definition) is 2. The minimum absolute atomic E-state index is 0.0300. The Morgan fingerprint density at radius 1 is 0.889 bits per heavy atom. The van der Waals surface area contributed by atoms with E-state index in [2.05, 4.69) is 29.6 Å². The molecular formula is C16H19NO. The number of aliphatic hydroxyl groups is 1. The van der Waals surface area contributed by atoms with Crippen LogP contribution in [0.15, 0.2) is 60.7 Å². The molecular weight excluding hydrogens is 222 g/mol. The van der Waals surface area contributed by atoms with E-state index in [1.807, 2.05) is 43.3 Å². The topological polar surface area (TPSA) is 32.3 Å². The molecule has 2 N–H and O–H groups in total. The fraction of sp³-hybridized carbons (Fsp3) is 0.250. The SMILES string of the molecule is CCC(O)NC(c1ccccc1)c1ccccc1. The summed E-state index contributed by atoms with van der Waals surface area (Å²) in [6.45, 7) is 1.96. The van der Waals surface area contributed by atoms with E-state index in [-0.39, 0.29) is 6.04 Å². The molecule has 0 aliphatic rings. The average Bonchev–Trinajstić information content (AvgIpc) is 2.46. The lowest BCUT2D eigenvalue weighted by molar-refractivity contribution is 0.124. The Labute approximate surface area is 108 Å². The van der Waals surface area contributed by atoms with Crippen LogP contribution in [0.5, 0.6) is 0 Å². The monoisotopic (exact) mass is 241 g/mol. The van der Waals surface area contributed by atoms with Crippen molar-refractivity contribution in [3.05, 3.63) is 71.8 Å². The Morgan fingerprint density at radius 2 is 1.33 bits per heavy atom. The van der Waals surface area contributed by atoms with Crippen molar-refractivity contribution >= 4 is 0 Å². The number of nitrogens with one attached hydrogen (secondary N) is 1. The van der Waals surface area contributed by atoms with Crippen LogP contribution >= 0.6 is 0 Å². The van der Waals surface area contributed by atoms with Gasteiger partial charge in [0.2, 0.25) is 0 Å². The van der Waals surface area contributed by atoms with Gasteiger partial charge >= 0.3 is 0 Å². The normalized spacial score (nSPS) is 12.6. The molecule has 1 unspecified atom stereocenters. The van der Waals surface area contributed by atoms with Crippen molar-refractivity contribution in [3.63, 3.8) is 0 Å². The summed E-state index contributed by atoms with van der Waals surface area (Å²) in [5.74, 6) is 0. The zero-order chi connectivity index (χ0) is 12.8. The van der Waals surface area contributed by atoms with Gasteiger partial charge in [0.05, 0.1) is 6.04 Å². The molecule has 0 amide bonds. The van der Waals surface area contributed by atoms with E-state index in [9.17, 15) is 5.11 Å². The highest BCUT2D eigenvalue weighted by molar-refractivity contribution is 5.31. The van der Waals surface area contributed by atoms with E-state index < -0.39 is 6.23 Å². The molecule has 0 heterocycles. The summed E-state index contributed by atoms with van der Waals surface area (Å²) < 4.78 is 0. The van der Waals surface area contributed by atoms with Gasteiger partial charge in [-0.25, -0.2) is 0 Å². The van der Waals surface area contributed by atoms with E-state index >= 15 is 0 Å². The molecule has 0 aromatic heterocycles. The third-order valence-corrected chi connectivity index (χ3v) is 3.01. The van der Waals surface area contributed by atoms with Gasteiger partial charge in [0, 0.05) is 0 Å². The van der Waals surface area contributed by atoms with Gasteiger partial charge in [-0.15, -0.1) is 0 Å². The minimum atomic E-state index is -0.490. The number of rotatable bonds is 5.